The molecule has 0 saturated carbocycles. The molecule has 11 nitrogen and oxygen atoms in total. The fourth-order valence-corrected chi connectivity index (χ4v) is 7.19. The van der Waals surface area contributed by atoms with Crippen LogP contribution in [0, 0.1) is 0 Å². The summed E-state index contributed by atoms with van der Waals surface area (Å²) in [6.45, 7) is 0. The van der Waals surface area contributed by atoms with E-state index in [-0.39, 0.29) is 21.5 Å². The van der Waals surface area contributed by atoms with Gasteiger partial charge in [0, 0.05) is 40.7 Å². The molecule has 7 aromatic rings. The standard InChI is InChI=1S/C35H26N4O7S2/c1-46-31-17-9-8-16-25(31)37-27-19-29-26(21-33(27)48(43,44)45)38-35-24-15-10-18-32(47(40,41)42)34(24)28(36-22-11-4-2-5-12-22)20-30(35)39(29)23-13-6-3-7-14-23/h2-21H,1H3,(H3,36,37,40,41,42,43,44,45). The number of aromatic nitrogens is 2. The second-order valence-electron chi connectivity index (χ2n) is 10.8. The summed E-state index contributed by atoms with van der Waals surface area (Å²) in [5, 5.41) is 6.90. The van der Waals surface area contributed by atoms with Gasteiger partial charge in [0.05, 0.1) is 29.1 Å². The van der Waals surface area contributed by atoms with Gasteiger partial charge in [0.1, 0.15) is 31.8 Å². The summed E-state index contributed by atoms with van der Waals surface area (Å²) in [7, 11) is -8.25. The fraction of sp³-hybridized carbons (Fsp3) is 0.0286. The van der Waals surface area contributed by atoms with Gasteiger partial charge in [-0.1, -0.05) is 60.7 Å². The number of para-hydroxylation sites is 4. The summed E-state index contributed by atoms with van der Waals surface area (Å²) in [6.07, 6.45) is 0. The second-order valence-corrected chi connectivity index (χ2v) is 13.6. The van der Waals surface area contributed by atoms with Crippen LogP contribution in [0.1, 0.15) is 0 Å². The molecule has 48 heavy (non-hydrogen) atoms. The first-order chi connectivity index (χ1) is 23.0. The van der Waals surface area contributed by atoms with Gasteiger partial charge in [0.15, 0.2) is 0 Å². The number of methoxy groups -OCH3 is 1. The van der Waals surface area contributed by atoms with Gasteiger partial charge in [-0.25, -0.2) is 13.4 Å². The highest BCUT2D eigenvalue weighted by molar-refractivity contribution is 7.86. The Kier molecular flexibility index (Phi) is 7.68. The van der Waals surface area contributed by atoms with Crippen LogP contribution in [0.15, 0.2) is 131 Å². The third-order valence-electron chi connectivity index (χ3n) is 7.86. The molecular weight excluding hydrogens is 653 g/mol. The number of nitrogens with one attached hydrogen (secondary N) is 2. The average Bonchev–Trinajstić information content (AvgIpc) is 3.07. The van der Waals surface area contributed by atoms with Gasteiger partial charge in [-0.3, -0.25) is 4.55 Å². The Balaban J connectivity index is 1.64. The van der Waals surface area contributed by atoms with Crippen LogP contribution in [0.3, 0.4) is 0 Å². The van der Waals surface area contributed by atoms with E-state index in [0.29, 0.717) is 50.4 Å². The highest BCUT2D eigenvalue weighted by atomic mass is 32.2. The van der Waals surface area contributed by atoms with Crippen LogP contribution < -0.4 is 19.9 Å². The smallest absolute Gasteiger partial charge is 0.295 e. The maximum Gasteiger partial charge on any atom is 0.295 e. The summed E-state index contributed by atoms with van der Waals surface area (Å²) < 4.78 is 80.9. The van der Waals surface area contributed by atoms with Crippen LogP contribution in [0.2, 0.25) is 0 Å². The van der Waals surface area contributed by atoms with Gasteiger partial charge in [0.25, 0.3) is 10.1 Å². The first-order valence-corrected chi connectivity index (χ1v) is 17.4. The Hall–Kier alpha value is -5.60. The molecular formula is C35H26N4O7S2. The van der Waals surface area contributed by atoms with Crippen molar-refractivity contribution < 1.29 is 35.2 Å². The van der Waals surface area contributed by atoms with E-state index in [1.165, 1.54) is 31.4 Å². The number of rotatable bonds is 8. The summed E-state index contributed by atoms with van der Waals surface area (Å²) in [4.78, 5) is 3.95. The Morgan fingerprint density at radius 3 is 2.06 bits per heavy atom. The molecule has 6 aromatic carbocycles. The third-order valence-corrected chi connectivity index (χ3v) is 9.63. The predicted molar refractivity (Wildman–Crippen MR) is 182 cm³/mol. The van der Waals surface area contributed by atoms with Gasteiger partial charge in [-0.15, -0.1) is 4.57 Å². The van der Waals surface area contributed by atoms with Crippen LogP contribution >= 0.6 is 0 Å². The lowest BCUT2D eigenvalue weighted by atomic mass is 10.0. The van der Waals surface area contributed by atoms with E-state index in [1.807, 2.05) is 65.2 Å². The molecule has 0 aliphatic heterocycles. The zero-order chi connectivity index (χ0) is 33.6. The number of ether oxygens (including phenoxy) is 1. The molecule has 0 aliphatic carbocycles. The third kappa shape index (κ3) is 5.65. The highest BCUT2D eigenvalue weighted by Crippen LogP contribution is 2.38. The maximum absolute atomic E-state index is 12.7. The quantitative estimate of drug-likeness (QED) is 0.0704. The van der Waals surface area contributed by atoms with E-state index >= 15 is 0 Å². The molecule has 0 spiro atoms. The number of hydrogen-bond donors (Lipinski definition) is 3. The monoisotopic (exact) mass is 678 g/mol. The largest absolute Gasteiger partial charge is 0.744 e. The maximum atomic E-state index is 12.7. The number of fused-ring (bicyclic) bond motifs is 4. The molecule has 7 rings (SSSR count). The lowest BCUT2D eigenvalue weighted by molar-refractivity contribution is -0.538. The van der Waals surface area contributed by atoms with Gasteiger partial charge < -0.3 is 19.9 Å². The minimum absolute atomic E-state index is 0.00455. The molecule has 0 unspecified atom stereocenters. The summed E-state index contributed by atoms with van der Waals surface area (Å²) in [6, 6.07) is 34.2. The van der Waals surface area contributed by atoms with Crippen LogP contribution in [-0.4, -0.2) is 38.0 Å². The van der Waals surface area contributed by atoms with Crippen molar-refractivity contribution in [3.8, 4) is 11.4 Å². The predicted octanol–water partition coefficient (Wildman–Crippen LogP) is 6.46. The van der Waals surface area contributed by atoms with Crippen molar-refractivity contribution in [3.05, 3.63) is 121 Å². The van der Waals surface area contributed by atoms with Gasteiger partial charge in [-0.2, -0.15) is 8.42 Å². The number of nitrogens with zero attached hydrogens (tertiary/aromatic N) is 2. The Morgan fingerprint density at radius 1 is 0.708 bits per heavy atom. The molecule has 0 radical (unpaired) electrons. The first-order valence-electron chi connectivity index (χ1n) is 14.5. The van der Waals surface area contributed by atoms with Crippen molar-refractivity contribution >= 4 is 75.8 Å². The minimum Gasteiger partial charge on any atom is -0.744 e. The second kappa shape index (κ2) is 11.9. The van der Waals surface area contributed by atoms with E-state index in [0.717, 1.165) is 0 Å². The molecule has 13 heteroatoms. The number of benzene rings is 6. The summed E-state index contributed by atoms with van der Waals surface area (Å²) in [5.41, 5.74) is 3.55. The zero-order valence-electron chi connectivity index (χ0n) is 25.2. The molecule has 0 fully saturated rings. The van der Waals surface area contributed by atoms with Crippen molar-refractivity contribution in [3.63, 3.8) is 0 Å². The van der Waals surface area contributed by atoms with Crippen LogP contribution in [0.25, 0.3) is 38.5 Å². The first kappa shape index (κ1) is 31.0. The van der Waals surface area contributed by atoms with E-state index in [9.17, 15) is 25.9 Å². The number of anilines is 4. The Bertz CT molecular complexity index is 2600. The number of hydrogen-bond acceptors (Lipinski definition) is 9. The van der Waals surface area contributed by atoms with Crippen LogP contribution in [-0.2, 0) is 20.2 Å². The zero-order valence-corrected chi connectivity index (χ0v) is 26.8. The van der Waals surface area contributed by atoms with Gasteiger partial charge >= 0.3 is 0 Å². The normalized spacial score (nSPS) is 12.0. The molecule has 240 valence electrons. The Labute approximate surface area is 275 Å². The molecule has 0 aliphatic rings. The molecule has 0 atom stereocenters. The lowest BCUT2D eigenvalue weighted by Crippen LogP contribution is -2.33. The molecule has 0 bridgehead atoms. The molecule has 3 N–H and O–H groups in total. The van der Waals surface area contributed by atoms with E-state index < -0.39 is 25.1 Å². The van der Waals surface area contributed by atoms with Crippen molar-refractivity contribution in [2.75, 3.05) is 17.7 Å². The van der Waals surface area contributed by atoms with Crippen LogP contribution in [0.4, 0.5) is 22.7 Å². The average molecular weight is 679 g/mol. The topological polar surface area (TPSA) is 162 Å². The van der Waals surface area contributed by atoms with E-state index in [4.69, 9.17) is 9.72 Å². The molecule has 1 heterocycles. The fourth-order valence-electron chi connectivity index (χ4n) is 5.83. The van der Waals surface area contributed by atoms with Crippen molar-refractivity contribution in [2.24, 2.45) is 0 Å². The SMILES string of the molecule is COc1ccccc1Nc1cc2c(cc1S(=O)(=O)[O-])nc1c3cccc(S(=O)(=O)O)c3c(Nc3ccccc3)cc1[n+]2-c1ccccc1. The Morgan fingerprint density at radius 2 is 1.38 bits per heavy atom. The molecule has 0 saturated heterocycles. The van der Waals surface area contributed by atoms with Gasteiger partial charge in [-0.05, 0) is 36.4 Å². The summed E-state index contributed by atoms with van der Waals surface area (Å²) >= 11 is 0. The summed E-state index contributed by atoms with van der Waals surface area (Å²) in [5.74, 6) is 0.428. The van der Waals surface area contributed by atoms with Crippen molar-refractivity contribution in [1.82, 2.24) is 4.98 Å². The van der Waals surface area contributed by atoms with Gasteiger partial charge in [0.2, 0.25) is 16.7 Å². The van der Waals surface area contributed by atoms with Crippen molar-refractivity contribution in [1.29, 1.82) is 0 Å². The van der Waals surface area contributed by atoms with E-state index in [1.54, 1.807) is 36.4 Å². The lowest BCUT2D eigenvalue weighted by Gasteiger charge is -2.18. The van der Waals surface area contributed by atoms with Crippen molar-refractivity contribution in [2.45, 2.75) is 9.79 Å². The van der Waals surface area contributed by atoms with Crippen LogP contribution in [0.5, 0.6) is 5.75 Å². The highest BCUT2D eigenvalue weighted by Gasteiger charge is 2.28. The minimum atomic E-state index is -5.03. The molecule has 0 amide bonds. The molecule has 1 aromatic heterocycles. The van der Waals surface area contributed by atoms with E-state index in [2.05, 4.69) is 10.6 Å².